The van der Waals surface area contributed by atoms with Gasteiger partial charge in [0.2, 0.25) is 5.91 Å². The molecule has 10 heteroatoms. The molecule has 0 radical (unpaired) electrons. The normalized spacial score (nSPS) is 18.4. The molecule has 0 spiro atoms. The number of benzene rings is 1. The van der Waals surface area contributed by atoms with Gasteiger partial charge in [0.05, 0.1) is 21.9 Å². The van der Waals surface area contributed by atoms with Crippen molar-refractivity contribution in [1.29, 1.82) is 0 Å². The van der Waals surface area contributed by atoms with E-state index in [1.165, 1.54) is 11.3 Å². The van der Waals surface area contributed by atoms with Gasteiger partial charge in [-0.15, -0.1) is 11.3 Å². The number of nitrogens with one attached hydrogen (secondary N) is 2. The summed E-state index contributed by atoms with van der Waals surface area (Å²) < 4.78 is 5.56. The number of rotatable bonds is 6. The van der Waals surface area contributed by atoms with Crippen LogP contribution < -0.4 is 10.7 Å². The van der Waals surface area contributed by atoms with E-state index in [1.54, 1.807) is 26.0 Å². The fourth-order valence-corrected chi connectivity index (χ4v) is 4.77. The lowest BCUT2D eigenvalue weighted by Gasteiger charge is -2.25. The Kier molecular flexibility index (Phi) is 6.36. The van der Waals surface area contributed by atoms with E-state index in [4.69, 9.17) is 4.74 Å². The largest absolute Gasteiger partial charge is 0.457 e. The Labute approximate surface area is 194 Å². The molecule has 0 saturated heterocycles. The van der Waals surface area contributed by atoms with Crippen LogP contribution in [0.5, 0.6) is 0 Å². The van der Waals surface area contributed by atoms with E-state index in [9.17, 15) is 19.7 Å². The molecule has 2 aliphatic heterocycles. The highest BCUT2D eigenvalue weighted by atomic mass is 32.1. The van der Waals surface area contributed by atoms with Crippen LogP contribution in [-0.4, -0.2) is 22.5 Å². The highest BCUT2D eigenvalue weighted by Crippen LogP contribution is 2.40. The molecule has 0 fully saturated rings. The van der Waals surface area contributed by atoms with Crippen LogP contribution in [0.1, 0.15) is 48.6 Å². The Morgan fingerprint density at radius 2 is 1.97 bits per heavy atom. The van der Waals surface area contributed by atoms with Gasteiger partial charge >= 0.3 is 5.97 Å². The Bertz CT molecular complexity index is 1200. The van der Waals surface area contributed by atoms with Crippen LogP contribution in [0, 0.1) is 10.1 Å². The third-order valence-corrected chi connectivity index (χ3v) is 6.47. The zero-order valence-corrected chi connectivity index (χ0v) is 18.9. The zero-order chi connectivity index (χ0) is 23.5. The Balaban J connectivity index is 1.51. The molecule has 0 bridgehead atoms. The summed E-state index contributed by atoms with van der Waals surface area (Å²) in [5, 5.41) is 20.7. The summed E-state index contributed by atoms with van der Waals surface area (Å²) in [6.07, 6.45) is 0.961. The van der Waals surface area contributed by atoms with Crippen molar-refractivity contribution < 1.29 is 19.2 Å². The minimum atomic E-state index is -0.796. The summed E-state index contributed by atoms with van der Waals surface area (Å²) in [5.41, 5.74) is 6.04. The van der Waals surface area contributed by atoms with E-state index in [0.29, 0.717) is 29.1 Å². The molecule has 2 aromatic rings. The molecule has 1 amide bonds. The number of allylic oxidation sites excluding steroid dienone is 3. The molecule has 170 valence electrons. The molecule has 4 rings (SSSR count). The molecule has 1 unspecified atom stereocenters. The monoisotopic (exact) mass is 466 g/mol. The van der Waals surface area contributed by atoms with Gasteiger partial charge in [-0.25, -0.2) is 10.2 Å². The minimum absolute atomic E-state index is 0.0206. The first kappa shape index (κ1) is 22.4. The summed E-state index contributed by atoms with van der Waals surface area (Å²) in [6.45, 7) is 3.37. The van der Waals surface area contributed by atoms with Crippen molar-refractivity contribution in [2.45, 2.75) is 39.2 Å². The Hall–Kier alpha value is -3.79. The summed E-state index contributed by atoms with van der Waals surface area (Å²) >= 11 is 1.36. The highest BCUT2D eigenvalue weighted by Gasteiger charge is 2.41. The number of ether oxygens (including phenoxy) is 1. The molecular formula is C23H22N4O5S. The molecule has 2 aliphatic rings. The van der Waals surface area contributed by atoms with E-state index >= 15 is 0 Å². The quantitative estimate of drug-likeness (QED) is 0.381. The molecule has 1 aromatic heterocycles. The maximum Gasteiger partial charge on any atom is 0.337 e. The first-order chi connectivity index (χ1) is 15.8. The molecular weight excluding hydrogens is 444 g/mol. The van der Waals surface area contributed by atoms with Gasteiger partial charge in [0.1, 0.15) is 12.5 Å². The number of nitro groups is 1. The zero-order valence-electron chi connectivity index (χ0n) is 18.1. The lowest BCUT2D eigenvalue weighted by atomic mass is 9.88. The lowest BCUT2D eigenvalue weighted by molar-refractivity contribution is -0.430. The summed E-state index contributed by atoms with van der Waals surface area (Å²) in [6, 6.07) is 11.0. The highest BCUT2D eigenvalue weighted by molar-refractivity contribution is 7.10. The van der Waals surface area contributed by atoms with Crippen molar-refractivity contribution in [3.05, 3.63) is 90.6 Å². The van der Waals surface area contributed by atoms with Crippen LogP contribution in [0.15, 0.2) is 69.5 Å². The molecule has 1 atom stereocenters. The van der Waals surface area contributed by atoms with Gasteiger partial charge in [-0.1, -0.05) is 30.3 Å². The van der Waals surface area contributed by atoms with Gasteiger partial charge < -0.3 is 10.1 Å². The van der Waals surface area contributed by atoms with Crippen LogP contribution in [0.25, 0.3) is 0 Å². The van der Waals surface area contributed by atoms with Crippen molar-refractivity contribution in [3.8, 4) is 0 Å². The predicted octanol–water partition coefficient (Wildman–Crippen LogP) is 3.57. The van der Waals surface area contributed by atoms with Crippen molar-refractivity contribution in [2.24, 2.45) is 5.10 Å². The van der Waals surface area contributed by atoms with Crippen molar-refractivity contribution in [1.82, 2.24) is 10.7 Å². The van der Waals surface area contributed by atoms with Gasteiger partial charge in [-0.05, 0) is 36.4 Å². The van der Waals surface area contributed by atoms with Crippen molar-refractivity contribution in [2.75, 3.05) is 0 Å². The first-order valence-corrected chi connectivity index (χ1v) is 11.2. The van der Waals surface area contributed by atoms with Crippen LogP contribution in [0.3, 0.4) is 0 Å². The number of hydrogen-bond donors (Lipinski definition) is 2. The second kappa shape index (κ2) is 9.37. The first-order valence-electron chi connectivity index (χ1n) is 10.3. The minimum Gasteiger partial charge on any atom is -0.457 e. The number of dihydropyridines is 1. The van der Waals surface area contributed by atoms with Gasteiger partial charge in [-0.2, -0.15) is 5.10 Å². The van der Waals surface area contributed by atoms with Gasteiger partial charge in [0.15, 0.2) is 0 Å². The molecule has 2 N–H and O–H groups in total. The molecule has 1 aromatic carbocycles. The SMILES string of the molecule is CC1=C(C(=O)OCc2ccc(C3=NNC(=O)CC3)cc2)C(c2cccs2)C([N+](=O)[O-])=C(C)N1. The van der Waals surface area contributed by atoms with E-state index in [0.717, 1.165) is 16.8 Å². The second-order valence-corrected chi connectivity index (χ2v) is 8.73. The van der Waals surface area contributed by atoms with Crippen molar-refractivity contribution in [3.63, 3.8) is 0 Å². The van der Waals surface area contributed by atoms with E-state index in [1.807, 2.05) is 29.6 Å². The summed E-state index contributed by atoms with van der Waals surface area (Å²) in [5.74, 6) is -1.50. The predicted molar refractivity (Wildman–Crippen MR) is 123 cm³/mol. The lowest BCUT2D eigenvalue weighted by Crippen LogP contribution is -2.31. The van der Waals surface area contributed by atoms with E-state index in [2.05, 4.69) is 15.8 Å². The Morgan fingerprint density at radius 1 is 1.21 bits per heavy atom. The number of carbonyl (C=O) groups is 2. The fourth-order valence-electron chi connectivity index (χ4n) is 3.93. The van der Waals surface area contributed by atoms with Gasteiger partial charge in [0.25, 0.3) is 5.70 Å². The maximum absolute atomic E-state index is 13.1. The number of hydrazone groups is 1. The van der Waals surface area contributed by atoms with Gasteiger partial charge in [0, 0.05) is 23.4 Å². The number of esters is 1. The van der Waals surface area contributed by atoms with Crippen LogP contribution in [0.4, 0.5) is 0 Å². The molecule has 3 heterocycles. The third-order valence-electron chi connectivity index (χ3n) is 5.53. The molecule has 0 saturated carbocycles. The van der Waals surface area contributed by atoms with Crippen molar-refractivity contribution >= 4 is 28.9 Å². The molecule has 9 nitrogen and oxygen atoms in total. The number of carbonyl (C=O) groups excluding carboxylic acids is 2. The van der Waals surface area contributed by atoms with Crippen LogP contribution in [0.2, 0.25) is 0 Å². The average molecular weight is 467 g/mol. The smallest absolute Gasteiger partial charge is 0.337 e. The topological polar surface area (TPSA) is 123 Å². The van der Waals surface area contributed by atoms with E-state index in [-0.39, 0.29) is 23.8 Å². The number of hydrogen-bond acceptors (Lipinski definition) is 8. The third kappa shape index (κ3) is 4.70. The Morgan fingerprint density at radius 3 is 2.58 bits per heavy atom. The number of thiophene rings is 1. The number of amides is 1. The number of nitrogens with zero attached hydrogens (tertiary/aromatic N) is 2. The van der Waals surface area contributed by atoms with Crippen LogP contribution >= 0.6 is 11.3 Å². The second-order valence-electron chi connectivity index (χ2n) is 7.75. The van der Waals surface area contributed by atoms with Crippen LogP contribution in [-0.2, 0) is 20.9 Å². The maximum atomic E-state index is 13.1. The van der Waals surface area contributed by atoms with Gasteiger partial charge in [-0.3, -0.25) is 14.9 Å². The fraction of sp³-hybridized carbons (Fsp3) is 0.261. The average Bonchev–Trinajstić information content (AvgIpc) is 3.32. The molecule has 33 heavy (non-hydrogen) atoms. The summed E-state index contributed by atoms with van der Waals surface area (Å²) in [7, 11) is 0. The standard InChI is InChI=1S/C23H22N4O5S/c1-13-20(21(18-4-3-11-33-18)22(27(30)31)14(2)24-13)23(29)32-12-15-5-7-16(8-6-15)17-9-10-19(28)26-25-17/h3-8,11,21,24H,9-10,12H2,1-2H3,(H,26,28). The van der Waals surface area contributed by atoms with E-state index < -0.39 is 16.8 Å². The summed E-state index contributed by atoms with van der Waals surface area (Å²) in [4.78, 5) is 36.4. The molecule has 0 aliphatic carbocycles.